The number of aromatic nitrogens is 3. The van der Waals surface area contributed by atoms with Crippen molar-refractivity contribution >= 4 is 17.5 Å². The SMILES string of the molecule is C=CCn1c(C)nnc1SC1CCCCC1=O. The third kappa shape index (κ3) is 2.77. The van der Waals surface area contributed by atoms with Crippen molar-refractivity contribution in [1.82, 2.24) is 14.8 Å². The van der Waals surface area contributed by atoms with Gasteiger partial charge in [0.1, 0.15) is 11.6 Å². The maximum absolute atomic E-state index is 11.8. The molecule has 92 valence electrons. The summed E-state index contributed by atoms with van der Waals surface area (Å²) in [4.78, 5) is 11.8. The van der Waals surface area contributed by atoms with Crippen molar-refractivity contribution < 1.29 is 4.79 Å². The lowest BCUT2D eigenvalue weighted by Crippen LogP contribution is -2.21. The minimum absolute atomic E-state index is 0.0657. The van der Waals surface area contributed by atoms with Crippen LogP contribution in [0.5, 0.6) is 0 Å². The lowest BCUT2D eigenvalue weighted by Gasteiger charge is -2.19. The Hall–Kier alpha value is -1.10. The van der Waals surface area contributed by atoms with Gasteiger partial charge < -0.3 is 4.57 Å². The van der Waals surface area contributed by atoms with Crippen molar-refractivity contribution in [1.29, 1.82) is 0 Å². The Balaban J connectivity index is 2.12. The van der Waals surface area contributed by atoms with Crippen LogP contribution in [0.25, 0.3) is 0 Å². The van der Waals surface area contributed by atoms with Crippen LogP contribution in [-0.2, 0) is 11.3 Å². The van der Waals surface area contributed by atoms with Crippen LogP contribution in [0, 0.1) is 6.92 Å². The van der Waals surface area contributed by atoms with Gasteiger partial charge in [-0.2, -0.15) is 0 Å². The number of ketones is 1. The number of carbonyl (C=O) groups excluding carboxylic acids is 1. The molecule has 0 spiro atoms. The molecule has 0 radical (unpaired) electrons. The molecule has 1 atom stereocenters. The van der Waals surface area contributed by atoms with Crippen LogP contribution in [0.1, 0.15) is 31.5 Å². The van der Waals surface area contributed by atoms with Gasteiger partial charge in [0.15, 0.2) is 5.16 Å². The minimum atomic E-state index is 0.0657. The topological polar surface area (TPSA) is 47.8 Å². The average molecular weight is 251 g/mol. The van der Waals surface area contributed by atoms with E-state index >= 15 is 0 Å². The number of Topliss-reactive ketones (excluding diaryl/α,β-unsaturated/α-hetero) is 1. The molecule has 1 heterocycles. The lowest BCUT2D eigenvalue weighted by atomic mass is 9.99. The molecule has 1 unspecified atom stereocenters. The molecule has 1 aromatic heterocycles. The van der Waals surface area contributed by atoms with Gasteiger partial charge in [-0.15, -0.1) is 16.8 Å². The van der Waals surface area contributed by atoms with E-state index in [1.807, 2.05) is 17.6 Å². The fraction of sp³-hybridized carbons (Fsp3) is 0.583. The number of thioether (sulfide) groups is 1. The minimum Gasteiger partial charge on any atom is -0.302 e. The van der Waals surface area contributed by atoms with Gasteiger partial charge in [0.2, 0.25) is 0 Å². The number of carbonyl (C=O) groups is 1. The number of nitrogens with zero attached hydrogens (tertiary/aromatic N) is 3. The summed E-state index contributed by atoms with van der Waals surface area (Å²) < 4.78 is 2.00. The molecule has 5 heteroatoms. The van der Waals surface area contributed by atoms with E-state index in [-0.39, 0.29) is 5.25 Å². The second kappa shape index (κ2) is 5.49. The second-order valence-electron chi connectivity index (χ2n) is 4.25. The Morgan fingerprint density at radius 1 is 1.53 bits per heavy atom. The molecule has 0 aliphatic heterocycles. The van der Waals surface area contributed by atoms with Crippen LogP contribution < -0.4 is 0 Å². The van der Waals surface area contributed by atoms with Crippen molar-refractivity contribution in [3.05, 3.63) is 18.5 Å². The summed E-state index contributed by atoms with van der Waals surface area (Å²) in [7, 11) is 0. The molecule has 1 aliphatic rings. The van der Waals surface area contributed by atoms with Gasteiger partial charge in [-0.3, -0.25) is 4.79 Å². The van der Waals surface area contributed by atoms with Crippen LogP contribution in [0.3, 0.4) is 0 Å². The molecule has 0 bridgehead atoms. The molecule has 1 fully saturated rings. The Morgan fingerprint density at radius 2 is 2.35 bits per heavy atom. The number of hydrogen-bond acceptors (Lipinski definition) is 4. The summed E-state index contributed by atoms with van der Waals surface area (Å²) in [5.74, 6) is 1.22. The Morgan fingerprint density at radius 3 is 3.06 bits per heavy atom. The molecule has 17 heavy (non-hydrogen) atoms. The maximum atomic E-state index is 11.8. The lowest BCUT2D eigenvalue weighted by molar-refractivity contribution is -0.119. The first-order valence-corrected chi connectivity index (χ1v) is 6.80. The van der Waals surface area contributed by atoms with Crippen LogP contribution in [0.2, 0.25) is 0 Å². The highest BCUT2D eigenvalue weighted by molar-refractivity contribution is 8.00. The van der Waals surface area contributed by atoms with Gasteiger partial charge in [-0.1, -0.05) is 24.3 Å². The van der Waals surface area contributed by atoms with Gasteiger partial charge >= 0.3 is 0 Å². The van der Waals surface area contributed by atoms with E-state index in [2.05, 4.69) is 16.8 Å². The molecule has 1 aliphatic carbocycles. The highest BCUT2D eigenvalue weighted by atomic mass is 32.2. The molecule has 1 saturated carbocycles. The van der Waals surface area contributed by atoms with Crippen molar-refractivity contribution in [3.63, 3.8) is 0 Å². The first-order chi connectivity index (χ1) is 8.22. The Labute approximate surface area is 105 Å². The van der Waals surface area contributed by atoms with E-state index in [9.17, 15) is 4.79 Å². The number of allylic oxidation sites excluding steroid dienone is 1. The van der Waals surface area contributed by atoms with Crippen molar-refractivity contribution in [3.8, 4) is 0 Å². The Kier molecular flexibility index (Phi) is 3.99. The molecule has 2 rings (SSSR count). The second-order valence-corrected chi connectivity index (χ2v) is 5.42. The molecule has 1 aromatic rings. The third-order valence-electron chi connectivity index (χ3n) is 2.96. The largest absolute Gasteiger partial charge is 0.302 e. The van der Waals surface area contributed by atoms with Crippen molar-refractivity contribution in [2.24, 2.45) is 0 Å². The first-order valence-electron chi connectivity index (χ1n) is 5.92. The number of aryl methyl sites for hydroxylation is 1. The molecule has 0 aromatic carbocycles. The zero-order chi connectivity index (χ0) is 12.3. The fourth-order valence-corrected chi connectivity index (χ4v) is 3.20. The monoisotopic (exact) mass is 251 g/mol. The summed E-state index contributed by atoms with van der Waals surface area (Å²) in [6.45, 7) is 6.34. The van der Waals surface area contributed by atoms with Crippen molar-refractivity contribution in [2.75, 3.05) is 0 Å². The van der Waals surface area contributed by atoms with E-state index in [1.54, 1.807) is 11.8 Å². The zero-order valence-electron chi connectivity index (χ0n) is 10.1. The Bertz CT molecular complexity index is 427. The molecular weight excluding hydrogens is 234 g/mol. The predicted molar refractivity (Wildman–Crippen MR) is 68.1 cm³/mol. The predicted octanol–water partition coefficient (Wildman–Crippen LogP) is 2.38. The van der Waals surface area contributed by atoms with Crippen LogP contribution >= 0.6 is 11.8 Å². The van der Waals surface area contributed by atoms with E-state index in [0.717, 1.165) is 30.2 Å². The smallest absolute Gasteiger partial charge is 0.192 e. The third-order valence-corrected chi connectivity index (χ3v) is 4.26. The molecule has 0 amide bonds. The zero-order valence-corrected chi connectivity index (χ0v) is 10.9. The molecule has 4 nitrogen and oxygen atoms in total. The van der Waals surface area contributed by atoms with Crippen molar-refractivity contribution in [2.45, 2.75) is 49.6 Å². The van der Waals surface area contributed by atoms with Crippen LogP contribution in [0.15, 0.2) is 17.8 Å². The van der Waals surface area contributed by atoms with E-state index in [1.165, 1.54) is 0 Å². The van der Waals surface area contributed by atoms with Crippen LogP contribution in [0.4, 0.5) is 0 Å². The van der Waals surface area contributed by atoms with Gasteiger partial charge in [0, 0.05) is 13.0 Å². The van der Waals surface area contributed by atoms with E-state index in [0.29, 0.717) is 18.7 Å². The molecule has 0 saturated heterocycles. The van der Waals surface area contributed by atoms with Gasteiger partial charge in [0.05, 0.1) is 5.25 Å². The fourth-order valence-electron chi connectivity index (χ4n) is 1.99. The number of rotatable bonds is 4. The average Bonchev–Trinajstić information content (AvgIpc) is 2.65. The summed E-state index contributed by atoms with van der Waals surface area (Å²) in [6, 6.07) is 0. The summed E-state index contributed by atoms with van der Waals surface area (Å²) in [5.41, 5.74) is 0. The quantitative estimate of drug-likeness (QED) is 0.771. The number of hydrogen-bond donors (Lipinski definition) is 0. The highest BCUT2D eigenvalue weighted by Gasteiger charge is 2.25. The van der Waals surface area contributed by atoms with Gasteiger partial charge in [-0.05, 0) is 19.8 Å². The summed E-state index contributed by atoms with van der Waals surface area (Å²) in [6.07, 6.45) is 5.67. The van der Waals surface area contributed by atoms with E-state index < -0.39 is 0 Å². The van der Waals surface area contributed by atoms with Gasteiger partial charge in [-0.25, -0.2) is 0 Å². The summed E-state index contributed by atoms with van der Waals surface area (Å²) >= 11 is 1.55. The molecule has 0 N–H and O–H groups in total. The maximum Gasteiger partial charge on any atom is 0.192 e. The molecular formula is C12H17N3OS. The van der Waals surface area contributed by atoms with Gasteiger partial charge in [0.25, 0.3) is 0 Å². The van der Waals surface area contributed by atoms with E-state index in [4.69, 9.17) is 0 Å². The summed E-state index contributed by atoms with van der Waals surface area (Å²) in [5, 5.41) is 9.10. The van der Waals surface area contributed by atoms with Crippen LogP contribution in [-0.4, -0.2) is 25.8 Å². The standard InChI is InChI=1S/C12H17N3OS/c1-3-8-15-9(2)13-14-12(15)17-11-7-5-4-6-10(11)16/h3,11H,1,4-8H2,2H3. The first kappa shape index (κ1) is 12.4. The highest BCUT2D eigenvalue weighted by Crippen LogP contribution is 2.30. The normalized spacial score (nSPS) is 20.5.